The number of nitrogens with one attached hydrogen (secondary N) is 2. The van der Waals surface area contributed by atoms with Crippen LogP contribution < -0.4 is 15.4 Å². The summed E-state index contributed by atoms with van der Waals surface area (Å²) >= 11 is 0. The quantitative estimate of drug-likeness (QED) is 0.859. The zero-order chi connectivity index (χ0) is 13.7. The van der Waals surface area contributed by atoms with Crippen LogP contribution in [0.4, 0.5) is 10.7 Å². The van der Waals surface area contributed by atoms with E-state index in [1.807, 2.05) is 19.9 Å². The summed E-state index contributed by atoms with van der Waals surface area (Å²) in [5.74, 6) is 0.934. The number of rotatable bonds is 5. The van der Waals surface area contributed by atoms with E-state index in [-0.39, 0.29) is 6.03 Å². The van der Waals surface area contributed by atoms with Gasteiger partial charge in [-0.25, -0.2) is 9.20 Å². The summed E-state index contributed by atoms with van der Waals surface area (Å²) in [6, 6.07) is 5.12. The highest BCUT2D eigenvalue weighted by Gasteiger charge is 2.12. The SMILES string of the molecule is CCCNC(=O)Nc1nnc2cccc(OCC)n12. The Labute approximate surface area is 111 Å². The van der Waals surface area contributed by atoms with Gasteiger partial charge >= 0.3 is 6.03 Å². The normalized spacial score (nSPS) is 10.4. The summed E-state index contributed by atoms with van der Waals surface area (Å²) in [7, 11) is 0. The number of hydrogen-bond acceptors (Lipinski definition) is 4. The molecule has 0 aromatic carbocycles. The largest absolute Gasteiger partial charge is 0.479 e. The molecule has 7 heteroatoms. The van der Waals surface area contributed by atoms with Gasteiger partial charge in [-0.2, -0.15) is 0 Å². The van der Waals surface area contributed by atoms with Crippen molar-refractivity contribution in [3.8, 4) is 5.88 Å². The molecule has 2 amide bonds. The molecule has 0 bridgehead atoms. The minimum absolute atomic E-state index is 0.303. The van der Waals surface area contributed by atoms with Gasteiger partial charge < -0.3 is 10.1 Å². The first kappa shape index (κ1) is 13.1. The topological polar surface area (TPSA) is 80.5 Å². The Hall–Kier alpha value is -2.31. The van der Waals surface area contributed by atoms with Crippen molar-refractivity contribution >= 4 is 17.6 Å². The van der Waals surface area contributed by atoms with Crippen LogP contribution in [0, 0.1) is 0 Å². The number of amides is 2. The molecule has 2 aromatic heterocycles. The molecule has 0 radical (unpaired) electrons. The third-order valence-corrected chi connectivity index (χ3v) is 2.45. The molecule has 102 valence electrons. The van der Waals surface area contributed by atoms with Crippen molar-refractivity contribution in [2.75, 3.05) is 18.5 Å². The molecule has 2 heterocycles. The van der Waals surface area contributed by atoms with E-state index in [1.54, 1.807) is 16.5 Å². The van der Waals surface area contributed by atoms with Crippen LogP contribution in [0.1, 0.15) is 20.3 Å². The number of urea groups is 1. The van der Waals surface area contributed by atoms with E-state index >= 15 is 0 Å². The van der Waals surface area contributed by atoms with Gasteiger partial charge in [-0.05, 0) is 25.5 Å². The summed E-state index contributed by atoms with van der Waals surface area (Å²) in [4.78, 5) is 11.6. The van der Waals surface area contributed by atoms with Crippen LogP contribution in [-0.2, 0) is 0 Å². The molecule has 2 aromatic rings. The fourth-order valence-corrected chi connectivity index (χ4v) is 1.64. The molecule has 7 nitrogen and oxygen atoms in total. The predicted molar refractivity (Wildman–Crippen MR) is 71.5 cm³/mol. The Kier molecular flexibility index (Phi) is 4.17. The fraction of sp³-hybridized carbons (Fsp3) is 0.417. The number of anilines is 1. The number of hydrogen-bond donors (Lipinski definition) is 2. The Morgan fingerprint density at radius 1 is 1.37 bits per heavy atom. The van der Waals surface area contributed by atoms with Crippen LogP contribution >= 0.6 is 0 Å². The number of carbonyl (C=O) groups excluding carboxylic acids is 1. The first-order valence-electron chi connectivity index (χ1n) is 6.28. The Morgan fingerprint density at radius 2 is 2.21 bits per heavy atom. The molecule has 0 aliphatic heterocycles. The molecule has 2 N–H and O–H groups in total. The van der Waals surface area contributed by atoms with Crippen molar-refractivity contribution in [2.24, 2.45) is 0 Å². The standard InChI is InChI=1S/C12H17N5O2/c1-3-8-13-12(18)14-11-16-15-9-6-5-7-10(17(9)11)19-4-2/h5-7H,3-4,8H2,1-2H3,(H2,13,14,16,18). The molecule has 0 saturated heterocycles. The number of fused-ring (bicyclic) bond motifs is 1. The van der Waals surface area contributed by atoms with E-state index in [0.29, 0.717) is 30.6 Å². The smallest absolute Gasteiger partial charge is 0.321 e. The number of nitrogens with zero attached hydrogens (tertiary/aromatic N) is 3. The molecule has 0 aliphatic rings. The average molecular weight is 263 g/mol. The molecule has 0 saturated carbocycles. The van der Waals surface area contributed by atoms with Crippen LogP contribution in [-0.4, -0.2) is 33.8 Å². The third kappa shape index (κ3) is 2.93. The zero-order valence-corrected chi connectivity index (χ0v) is 11.0. The molecule has 0 fully saturated rings. The highest BCUT2D eigenvalue weighted by molar-refractivity contribution is 5.87. The maximum absolute atomic E-state index is 11.6. The summed E-state index contributed by atoms with van der Waals surface area (Å²) < 4.78 is 7.15. The van der Waals surface area contributed by atoms with Crippen molar-refractivity contribution in [1.82, 2.24) is 19.9 Å². The minimum atomic E-state index is -0.303. The average Bonchev–Trinajstić information content (AvgIpc) is 2.81. The van der Waals surface area contributed by atoms with Crippen LogP contribution in [0.3, 0.4) is 0 Å². The van der Waals surface area contributed by atoms with Crippen molar-refractivity contribution < 1.29 is 9.53 Å². The van der Waals surface area contributed by atoms with Crippen molar-refractivity contribution in [1.29, 1.82) is 0 Å². The van der Waals surface area contributed by atoms with Gasteiger partial charge in [-0.1, -0.05) is 13.0 Å². The third-order valence-electron chi connectivity index (χ3n) is 2.45. The number of aromatic nitrogens is 3. The second kappa shape index (κ2) is 6.03. The van der Waals surface area contributed by atoms with E-state index in [0.717, 1.165) is 6.42 Å². The molecule has 0 atom stereocenters. The first-order chi connectivity index (χ1) is 9.26. The zero-order valence-electron chi connectivity index (χ0n) is 11.0. The molecule has 0 aliphatic carbocycles. The number of carbonyl (C=O) groups is 1. The summed E-state index contributed by atoms with van der Waals surface area (Å²) in [5.41, 5.74) is 0.622. The van der Waals surface area contributed by atoms with Crippen molar-refractivity contribution in [3.05, 3.63) is 18.2 Å². The predicted octanol–water partition coefficient (Wildman–Crippen LogP) is 1.66. The van der Waals surface area contributed by atoms with Gasteiger partial charge in [0.15, 0.2) is 5.65 Å². The van der Waals surface area contributed by atoms with Crippen LogP contribution in [0.2, 0.25) is 0 Å². The van der Waals surface area contributed by atoms with E-state index in [9.17, 15) is 4.79 Å². The second-order valence-corrected chi connectivity index (χ2v) is 3.90. The van der Waals surface area contributed by atoms with E-state index in [2.05, 4.69) is 20.8 Å². The lowest BCUT2D eigenvalue weighted by atomic mass is 10.4. The van der Waals surface area contributed by atoms with Crippen LogP contribution in [0.15, 0.2) is 18.2 Å². The maximum atomic E-state index is 11.6. The second-order valence-electron chi connectivity index (χ2n) is 3.90. The van der Waals surface area contributed by atoms with Crippen LogP contribution in [0.5, 0.6) is 5.88 Å². The molecular formula is C12H17N5O2. The molecule has 0 unspecified atom stereocenters. The number of ether oxygens (including phenoxy) is 1. The first-order valence-corrected chi connectivity index (χ1v) is 6.28. The van der Waals surface area contributed by atoms with E-state index in [1.165, 1.54) is 0 Å². The van der Waals surface area contributed by atoms with Crippen molar-refractivity contribution in [2.45, 2.75) is 20.3 Å². The minimum Gasteiger partial charge on any atom is -0.479 e. The summed E-state index contributed by atoms with van der Waals surface area (Å²) in [6.45, 7) is 5.02. The molecule has 2 rings (SSSR count). The molecular weight excluding hydrogens is 246 g/mol. The van der Waals surface area contributed by atoms with Crippen LogP contribution in [0.25, 0.3) is 5.65 Å². The summed E-state index contributed by atoms with van der Waals surface area (Å²) in [6.07, 6.45) is 0.873. The summed E-state index contributed by atoms with van der Waals surface area (Å²) in [5, 5.41) is 13.3. The Bertz CT molecular complexity index is 566. The van der Waals surface area contributed by atoms with Crippen molar-refractivity contribution in [3.63, 3.8) is 0 Å². The van der Waals surface area contributed by atoms with Gasteiger partial charge in [0.05, 0.1) is 6.61 Å². The van der Waals surface area contributed by atoms with Gasteiger partial charge in [0, 0.05) is 6.54 Å². The van der Waals surface area contributed by atoms with Gasteiger partial charge in [0.1, 0.15) is 0 Å². The number of pyridine rings is 1. The highest BCUT2D eigenvalue weighted by atomic mass is 16.5. The lowest BCUT2D eigenvalue weighted by Crippen LogP contribution is -2.30. The van der Waals surface area contributed by atoms with Gasteiger partial charge in [-0.15, -0.1) is 10.2 Å². The maximum Gasteiger partial charge on any atom is 0.321 e. The monoisotopic (exact) mass is 263 g/mol. The Morgan fingerprint density at radius 3 is 2.95 bits per heavy atom. The van der Waals surface area contributed by atoms with E-state index in [4.69, 9.17) is 4.74 Å². The van der Waals surface area contributed by atoms with Gasteiger partial charge in [-0.3, -0.25) is 5.32 Å². The lowest BCUT2D eigenvalue weighted by Gasteiger charge is -2.09. The molecule has 0 spiro atoms. The molecule has 19 heavy (non-hydrogen) atoms. The van der Waals surface area contributed by atoms with Gasteiger partial charge in [0.2, 0.25) is 11.8 Å². The van der Waals surface area contributed by atoms with Gasteiger partial charge in [0.25, 0.3) is 0 Å². The lowest BCUT2D eigenvalue weighted by molar-refractivity contribution is 0.252. The highest BCUT2D eigenvalue weighted by Crippen LogP contribution is 2.18. The van der Waals surface area contributed by atoms with E-state index < -0.39 is 0 Å². The Balaban J connectivity index is 2.25. The fourth-order valence-electron chi connectivity index (χ4n) is 1.64.